The van der Waals surface area contributed by atoms with Gasteiger partial charge in [0.05, 0.1) is 5.69 Å². The van der Waals surface area contributed by atoms with Gasteiger partial charge in [0.2, 0.25) is 5.16 Å². The van der Waals surface area contributed by atoms with Gasteiger partial charge in [-0.1, -0.05) is 30.0 Å². The minimum absolute atomic E-state index is 0.381. The number of rotatable bonds is 4. The van der Waals surface area contributed by atoms with Crippen LogP contribution in [0.3, 0.4) is 0 Å². The fourth-order valence-corrected chi connectivity index (χ4v) is 2.54. The summed E-state index contributed by atoms with van der Waals surface area (Å²) >= 11 is 1.32. The molecule has 0 aliphatic heterocycles. The van der Waals surface area contributed by atoms with Crippen LogP contribution in [0.1, 0.15) is 5.69 Å². The SMILES string of the molecule is O=c1cc(CSc2nnnn2-c2ccccc2)[nH]c(=O)[nH]1. The number of para-hydroxylation sites is 1. The topological polar surface area (TPSA) is 109 Å². The smallest absolute Gasteiger partial charge is 0.310 e. The van der Waals surface area contributed by atoms with Crippen molar-refractivity contribution >= 4 is 11.8 Å². The number of tetrazole rings is 1. The van der Waals surface area contributed by atoms with Gasteiger partial charge >= 0.3 is 5.69 Å². The molecule has 3 aromatic rings. The maximum absolute atomic E-state index is 11.2. The van der Waals surface area contributed by atoms with Crippen molar-refractivity contribution < 1.29 is 0 Å². The van der Waals surface area contributed by atoms with Crippen LogP contribution in [0.15, 0.2) is 51.1 Å². The standard InChI is InChI=1S/C12H10N6O2S/c19-10-6-8(13-11(20)14-10)7-21-12-15-16-17-18(12)9-4-2-1-3-5-9/h1-6H,7H2,(H2,13,14,19,20). The Morgan fingerprint density at radius 3 is 2.71 bits per heavy atom. The molecule has 21 heavy (non-hydrogen) atoms. The van der Waals surface area contributed by atoms with Gasteiger partial charge in [-0.3, -0.25) is 9.78 Å². The first-order chi connectivity index (χ1) is 10.2. The first-order valence-electron chi connectivity index (χ1n) is 6.01. The number of aromatic nitrogens is 6. The zero-order valence-electron chi connectivity index (χ0n) is 10.7. The molecule has 8 nitrogen and oxygen atoms in total. The summed E-state index contributed by atoms with van der Waals surface area (Å²) < 4.78 is 1.59. The number of benzene rings is 1. The lowest BCUT2D eigenvalue weighted by Gasteiger charge is -2.03. The second-order valence-corrected chi connectivity index (χ2v) is 5.05. The third-order valence-corrected chi connectivity index (χ3v) is 3.58. The Morgan fingerprint density at radius 1 is 1.14 bits per heavy atom. The molecule has 9 heteroatoms. The van der Waals surface area contributed by atoms with Crippen molar-refractivity contribution in [3.63, 3.8) is 0 Å². The van der Waals surface area contributed by atoms with Crippen molar-refractivity contribution in [1.29, 1.82) is 0 Å². The highest BCUT2D eigenvalue weighted by atomic mass is 32.2. The highest BCUT2D eigenvalue weighted by Gasteiger charge is 2.09. The van der Waals surface area contributed by atoms with Crippen LogP contribution in [-0.4, -0.2) is 30.2 Å². The molecule has 0 saturated carbocycles. The zero-order valence-corrected chi connectivity index (χ0v) is 11.5. The van der Waals surface area contributed by atoms with Gasteiger partial charge < -0.3 is 4.98 Å². The summed E-state index contributed by atoms with van der Waals surface area (Å²) in [5.41, 5.74) is 0.388. The average Bonchev–Trinajstić information content (AvgIpc) is 2.93. The van der Waals surface area contributed by atoms with Crippen LogP contribution < -0.4 is 11.2 Å². The third kappa shape index (κ3) is 3.08. The number of hydrogen-bond donors (Lipinski definition) is 2. The van der Waals surface area contributed by atoms with Crippen LogP contribution in [0.5, 0.6) is 0 Å². The zero-order chi connectivity index (χ0) is 14.7. The molecule has 0 aliphatic rings. The Kier molecular flexibility index (Phi) is 3.65. The predicted molar refractivity (Wildman–Crippen MR) is 76.4 cm³/mol. The summed E-state index contributed by atoms with van der Waals surface area (Å²) in [6.07, 6.45) is 0. The Bertz CT molecular complexity index is 825. The van der Waals surface area contributed by atoms with Crippen molar-refractivity contribution in [2.24, 2.45) is 0 Å². The number of hydrogen-bond acceptors (Lipinski definition) is 6. The van der Waals surface area contributed by atoms with Gasteiger partial charge in [0.1, 0.15) is 0 Å². The first kappa shape index (κ1) is 13.3. The van der Waals surface area contributed by atoms with E-state index in [0.717, 1.165) is 5.69 Å². The number of nitrogens with one attached hydrogen (secondary N) is 2. The first-order valence-corrected chi connectivity index (χ1v) is 7.00. The number of thioether (sulfide) groups is 1. The Morgan fingerprint density at radius 2 is 1.95 bits per heavy atom. The van der Waals surface area contributed by atoms with Crippen molar-refractivity contribution in [3.8, 4) is 5.69 Å². The van der Waals surface area contributed by atoms with Gasteiger partial charge in [-0.15, -0.1) is 5.10 Å². The molecule has 0 bridgehead atoms. The van der Waals surface area contributed by atoms with Crippen LogP contribution >= 0.6 is 11.8 Å². The van der Waals surface area contributed by atoms with E-state index in [9.17, 15) is 9.59 Å². The molecule has 3 rings (SSSR count). The van der Waals surface area contributed by atoms with Crippen LogP contribution in [0.4, 0.5) is 0 Å². The maximum atomic E-state index is 11.2. The monoisotopic (exact) mass is 302 g/mol. The largest absolute Gasteiger partial charge is 0.325 e. The predicted octanol–water partition coefficient (Wildman–Crippen LogP) is 0.331. The quantitative estimate of drug-likeness (QED) is 0.672. The Hall–Kier alpha value is -2.68. The highest BCUT2D eigenvalue weighted by molar-refractivity contribution is 7.98. The molecule has 0 amide bonds. The van der Waals surface area contributed by atoms with E-state index in [4.69, 9.17) is 0 Å². The van der Waals surface area contributed by atoms with E-state index in [1.54, 1.807) is 4.68 Å². The Balaban J connectivity index is 1.82. The van der Waals surface area contributed by atoms with E-state index < -0.39 is 11.2 Å². The van der Waals surface area contributed by atoms with E-state index in [2.05, 4.69) is 25.5 Å². The van der Waals surface area contributed by atoms with Gasteiger partial charge in [-0.25, -0.2) is 4.79 Å². The summed E-state index contributed by atoms with van der Waals surface area (Å²) in [4.78, 5) is 27.1. The lowest BCUT2D eigenvalue weighted by molar-refractivity contribution is 0.756. The molecule has 0 spiro atoms. The summed E-state index contributed by atoms with van der Waals surface area (Å²) in [5, 5.41) is 12.1. The van der Waals surface area contributed by atoms with Crippen molar-refractivity contribution in [1.82, 2.24) is 30.2 Å². The van der Waals surface area contributed by atoms with Crippen LogP contribution in [0, 0.1) is 0 Å². The third-order valence-electron chi connectivity index (χ3n) is 2.61. The molecule has 2 N–H and O–H groups in total. The van der Waals surface area contributed by atoms with Crippen LogP contribution in [-0.2, 0) is 5.75 Å². The molecule has 0 aliphatic carbocycles. The maximum Gasteiger partial charge on any atom is 0.325 e. The molecule has 0 atom stereocenters. The molecule has 0 unspecified atom stereocenters. The molecule has 2 heterocycles. The number of H-pyrrole nitrogens is 2. The minimum Gasteiger partial charge on any atom is -0.310 e. The minimum atomic E-state index is -0.527. The van der Waals surface area contributed by atoms with Gasteiger partial charge in [0.25, 0.3) is 5.56 Å². The average molecular weight is 302 g/mol. The summed E-state index contributed by atoms with van der Waals surface area (Å²) in [6, 6.07) is 10.8. The molecule has 106 valence electrons. The summed E-state index contributed by atoms with van der Waals surface area (Å²) in [5.74, 6) is 0.381. The van der Waals surface area contributed by atoms with E-state index in [1.807, 2.05) is 30.3 Å². The van der Waals surface area contributed by atoms with E-state index in [-0.39, 0.29) is 0 Å². The Labute approximate surface area is 122 Å². The molecular formula is C12H10N6O2S. The van der Waals surface area contributed by atoms with Crippen LogP contribution in [0.2, 0.25) is 0 Å². The normalized spacial score (nSPS) is 10.7. The summed E-state index contributed by atoms with van der Waals surface area (Å²) in [7, 11) is 0. The number of aromatic amines is 2. The van der Waals surface area contributed by atoms with Gasteiger partial charge in [0.15, 0.2) is 0 Å². The molecule has 2 aromatic heterocycles. The molecule has 0 fully saturated rings. The lowest BCUT2D eigenvalue weighted by Crippen LogP contribution is -2.22. The van der Waals surface area contributed by atoms with Gasteiger partial charge in [-0.2, -0.15) is 4.68 Å². The summed E-state index contributed by atoms with van der Waals surface area (Å²) in [6.45, 7) is 0. The second kappa shape index (κ2) is 5.75. The lowest BCUT2D eigenvalue weighted by atomic mass is 10.3. The molecule has 1 aromatic carbocycles. The van der Waals surface area contributed by atoms with Crippen molar-refractivity contribution in [2.75, 3.05) is 0 Å². The van der Waals surface area contributed by atoms with Gasteiger partial charge in [-0.05, 0) is 22.6 Å². The van der Waals surface area contributed by atoms with Gasteiger partial charge in [0, 0.05) is 17.5 Å². The molecule has 0 radical (unpaired) electrons. The molecule has 0 saturated heterocycles. The fraction of sp³-hybridized carbons (Fsp3) is 0.0833. The van der Waals surface area contributed by atoms with E-state index in [1.165, 1.54) is 17.8 Å². The van der Waals surface area contributed by atoms with E-state index in [0.29, 0.717) is 16.6 Å². The fourth-order valence-electron chi connectivity index (χ4n) is 1.74. The molecular weight excluding hydrogens is 292 g/mol. The van der Waals surface area contributed by atoms with E-state index >= 15 is 0 Å². The van der Waals surface area contributed by atoms with Crippen molar-refractivity contribution in [3.05, 3.63) is 62.9 Å². The van der Waals surface area contributed by atoms with Crippen LogP contribution in [0.25, 0.3) is 5.69 Å². The number of nitrogens with zero attached hydrogens (tertiary/aromatic N) is 4. The van der Waals surface area contributed by atoms with Crippen molar-refractivity contribution in [2.45, 2.75) is 10.9 Å². The highest BCUT2D eigenvalue weighted by Crippen LogP contribution is 2.20. The second-order valence-electron chi connectivity index (χ2n) is 4.11.